The van der Waals surface area contributed by atoms with Crippen LogP contribution in [-0.4, -0.2) is 37.1 Å². The molecule has 150 valence electrons. The van der Waals surface area contributed by atoms with E-state index in [1.165, 1.54) is 6.42 Å². The Morgan fingerprint density at radius 3 is 2.39 bits per heavy atom. The maximum Gasteiger partial charge on any atom is 0.319 e. The Balaban J connectivity index is 1.37. The number of benzene rings is 2. The Kier molecular flexibility index (Phi) is 7.31. The van der Waals surface area contributed by atoms with Crippen molar-refractivity contribution in [2.75, 3.05) is 31.5 Å². The van der Waals surface area contributed by atoms with Gasteiger partial charge in [0.2, 0.25) is 0 Å². The van der Waals surface area contributed by atoms with Crippen LogP contribution in [0.4, 0.5) is 10.5 Å². The fourth-order valence-corrected chi connectivity index (χ4v) is 3.85. The normalized spacial score (nSPS) is 19.8. The lowest BCUT2D eigenvalue weighted by Gasteiger charge is -2.34. The molecule has 1 aliphatic rings. The summed E-state index contributed by atoms with van der Waals surface area (Å²) in [5.41, 5.74) is 1.88. The highest BCUT2D eigenvalue weighted by atomic mass is 16.5. The summed E-state index contributed by atoms with van der Waals surface area (Å²) in [6, 6.07) is 17.3. The second-order valence-corrected chi connectivity index (χ2v) is 7.89. The zero-order valence-corrected chi connectivity index (χ0v) is 16.9. The highest BCUT2D eigenvalue weighted by Crippen LogP contribution is 2.20. The van der Waals surface area contributed by atoms with Gasteiger partial charge in [0, 0.05) is 31.9 Å². The maximum absolute atomic E-state index is 12.1. The van der Waals surface area contributed by atoms with Gasteiger partial charge in [-0.15, -0.1) is 0 Å². The van der Waals surface area contributed by atoms with Crippen LogP contribution in [0.5, 0.6) is 5.75 Å². The zero-order valence-electron chi connectivity index (χ0n) is 16.9. The van der Waals surface area contributed by atoms with Crippen LogP contribution in [0.2, 0.25) is 0 Å². The second kappa shape index (κ2) is 10.1. The van der Waals surface area contributed by atoms with Crippen molar-refractivity contribution >= 4 is 11.7 Å². The number of amides is 2. The standard InChI is InChI=1S/C23H31N3O2/c1-18-14-19(2)16-26(15-18)13-12-24-23(27)25-21-8-10-22(11-9-21)28-17-20-6-4-3-5-7-20/h3-11,18-19H,12-17H2,1-2H3,(H2,24,25,27). The molecular formula is C23H31N3O2. The number of likely N-dealkylation sites (tertiary alicyclic amines) is 1. The van der Waals surface area contributed by atoms with Crippen LogP contribution < -0.4 is 15.4 Å². The summed E-state index contributed by atoms with van der Waals surface area (Å²) < 4.78 is 5.77. The van der Waals surface area contributed by atoms with Crippen LogP contribution in [0.3, 0.4) is 0 Å². The molecule has 28 heavy (non-hydrogen) atoms. The first-order valence-corrected chi connectivity index (χ1v) is 10.1. The lowest BCUT2D eigenvalue weighted by molar-refractivity contribution is 0.142. The third-order valence-electron chi connectivity index (χ3n) is 5.02. The van der Waals surface area contributed by atoms with Gasteiger partial charge in [-0.1, -0.05) is 44.2 Å². The molecule has 2 aromatic carbocycles. The van der Waals surface area contributed by atoms with E-state index in [9.17, 15) is 4.79 Å². The fraction of sp³-hybridized carbons (Fsp3) is 0.435. The predicted molar refractivity (Wildman–Crippen MR) is 114 cm³/mol. The summed E-state index contributed by atoms with van der Waals surface area (Å²) in [7, 11) is 0. The van der Waals surface area contributed by atoms with Crippen LogP contribution in [0.25, 0.3) is 0 Å². The van der Waals surface area contributed by atoms with E-state index in [0.717, 1.165) is 48.5 Å². The molecule has 1 saturated heterocycles. The number of urea groups is 1. The van der Waals surface area contributed by atoms with Crippen molar-refractivity contribution < 1.29 is 9.53 Å². The Morgan fingerprint density at radius 1 is 1.04 bits per heavy atom. The SMILES string of the molecule is CC1CC(C)CN(CCNC(=O)Nc2ccc(OCc3ccccc3)cc2)C1. The quantitative estimate of drug-likeness (QED) is 0.749. The molecule has 1 aliphatic heterocycles. The van der Waals surface area contributed by atoms with E-state index in [-0.39, 0.29) is 6.03 Å². The lowest BCUT2D eigenvalue weighted by atomic mass is 9.92. The summed E-state index contributed by atoms with van der Waals surface area (Å²) in [5, 5.41) is 5.82. The van der Waals surface area contributed by atoms with E-state index in [1.807, 2.05) is 54.6 Å². The van der Waals surface area contributed by atoms with E-state index < -0.39 is 0 Å². The van der Waals surface area contributed by atoms with Gasteiger partial charge in [0.05, 0.1) is 0 Å². The maximum atomic E-state index is 12.1. The number of hydrogen-bond donors (Lipinski definition) is 2. The van der Waals surface area contributed by atoms with E-state index in [2.05, 4.69) is 29.4 Å². The minimum Gasteiger partial charge on any atom is -0.489 e. The molecular weight excluding hydrogens is 350 g/mol. The van der Waals surface area contributed by atoms with Gasteiger partial charge >= 0.3 is 6.03 Å². The first kappa shape index (κ1) is 20.2. The molecule has 2 aromatic rings. The largest absolute Gasteiger partial charge is 0.489 e. The monoisotopic (exact) mass is 381 g/mol. The highest BCUT2D eigenvalue weighted by molar-refractivity contribution is 5.89. The van der Waals surface area contributed by atoms with Crippen LogP contribution >= 0.6 is 0 Å². The van der Waals surface area contributed by atoms with Gasteiger partial charge in [-0.25, -0.2) is 4.79 Å². The molecule has 2 unspecified atom stereocenters. The van der Waals surface area contributed by atoms with Gasteiger partial charge in [0.25, 0.3) is 0 Å². The molecule has 5 heteroatoms. The Hall–Kier alpha value is -2.53. The smallest absolute Gasteiger partial charge is 0.319 e. The van der Waals surface area contributed by atoms with Crippen molar-refractivity contribution in [3.63, 3.8) is 0 Å². The van der Waals surface area contributed by atoms with Gasteiger partial charge in [0.15, 0.2) is 0 Å². The fourth-order valence-electron chi connectivity index (χ4n) is 3.85. The molecule has 5 nitrogen and oxygen atoms in total. The van der Waals surface area contributed by atoms with Crippen LogP contribution in [0.15, 0.2) is 54.6 Å². The zero-order chi connectivity index (χ0) is 19.8. The number of nitrogens with one attached hydrogen (secondary N) is 2. The number of anilines is 1. The summed E-state index contributed by atoms with van der Waals surface area (Å²) in [4.78, 5) is 14.5. The van der Waals surface area contributed by atoms with E-state index in [0.29, 0.717) is 13.2 Å². The van der Waals surface area contributed by atoms with Gasteiger partial charge in [0.1, 0.15) is 12.4 Å². The molecule has 0 aromatic heterocycles. The summed E-state index contributed by atoms with van der Waals surface area (Å²) in [6.07, 6.45) is 1.30. The average Bonchev–Trinajstić information content (AvgIpc) is 2.67. The summed E-state index contributed by atoms with van der Waals surface area (Å²) in [6.45, 7) is 8.93. The number of carbonyl (C=O) groups excluding carboxylic acids is 1. The molecule has 0 spiro atoms. The Bertz CT molecular complexity index is 723. The number of ether oxygens (including phenoxy) is 1. The van der Waals surface area contributed by atoms with Crippen LogP contribution in [0, 0.1) is 11.8 Å². The van der Waals surface area contributed by atoms with Crippen molar-refractivity contribution in [1.82, 2.24) is 10.2 Å². The van der Waals surface area contributed by atoms with Crippen LogP contribution in [0.1, 0.15) is 25.8 Å². The topological polar surface area (TPSA) is 53.6 Å². The van der Waals surface area contributed by atoms with Gasteiger partial charge < -0.3 is 20.3 Å². The summed E-state index contributed by atoms with van der Waals surface area (Å²) >= 11 is 0. The van der Waals surface area contributed by atoms with Gasteiger partial charge in [-0.3, -0.25) is 0 Å². The highest BCUT2D eigenvalue weighted by Gasteiger charge is 2.21. The minimum absolute atomic E-state index is 0.170. The number of hydrogen-bond acceptors (Lipinski definition) is 3. The molecule has 2 atom stereocenters. The number of nitrogens with zero attached hydrogens (tertiary/aromatic N) is 1. The third-order valence-corrected chi connectivity index (χ3v) is 5.02. The Labute approximate surface area is 168 Å². The third kappa shape index (κ3) is 6.57. The van der Waals surface area contributed by atoms with Crippen molar-refractivity contribution in [3.8, 4) is 5.75 Å². The molecule has 3 rings (SSSR count). The average molecular weight is 382 g/mol. The molecule has 0 saturated carbocycles. The van der Waals surface area contributed by atoms with Crippen molar-refractivity contribution in [1.29, 1.82) is 0 Å². The molecule has 2 amide bonds. The second-order valence-electron chi connectivity index (χ2n) is 7.89. The molecule has 1 fully saturated rings. The van der Waals surface area contributed by atoms with Crippen molar-refractivity contribution in [2.24, 2.45) is 11.8 Å². The molecule has 2 N–H and O–H groups in total. The number of carbonyl (C=O) groups is 1. The van der Waals surface area contributed by atoms with Gasteiger partial charge in [-0.2, -0.15) is 0 Å². The molecule has 0 radical (unpaired) electrons. The Morgan fingerprint density at radius 2 is 1.71 bits per heavy atom. The number of rotatable bonds is 7. The van der Waals surface area contributed by atoms with E-state index >= 15 is 0 Å². The first-order valence-electron chi connectivity index (χ1n) is 10.1. The first-order chi connectivity index (χ1) is 13.6. The lowest BCUT2D eigenvalue weighted by Crippen LogP contribution is -2.43. The van der Waals surface area contributed by atoms with Crippen molar-refractivity contribution in [2.45, 2.75) is 26.9 Å². The minimum atomic E-state index is -0.170. The molecule has 0 bridgehead atoms. The van der Waals surface area contributed by atoms with E-state index in [1.54, 1.807) is 0 Å². The van der Waals surface area contributed by atoms with Crippen molar-refractivity contribution in [3.05, 3.63) is 60.2 Å². The number of piperidine rings is 1. The van der Waals surface area contributed by atoms with E-state index in [4.69, 9.17) is 4.74 Å². The van der Waals surface area contributed by atoms with Gasteiger partial charge in [-0.05, 0) is 48.1 Å². The molecule has 0 aliphatic carbocycles. The molecule has 1 heterocycles. The van der Waals surface area contributed by atoms with Crippen LogP contribution in [-0.2, 0) is 6.61 Å². The summed E-state index contributed by atoms with van der Waals surface area (Å²) in [5.74, 6) is 2.25. The predicted octanol–water partition coefficient (Wildman–Crippen LogP) is 4.37.